The first-order valence-electron chi connectivity index (χ1n) is 8.17. The summed E-state index contributed by atoms with van der Waals surface area (Å²) < 4.78 is 18.9. The van der Waals surface area contributed by atoms with Gasteiger partial charge in [0.05, 0.1) is 0 Å². The van der Waals surface area contributed by atoms with Gasteiger partial charge in [-0.05, 0) is 37.1 Å². The molecule has 0 spiro atoms. The molecule has 1 fully saturated rings. The van der Waals surface area contributed by atoms with Crippen molar-refractivity contribution in [2.45, 2.75) is 25.5 Å². The van der Waals surface area contributed by atoms with Crippen molar-refractivity contribution in [1.82, 2.24) is 5.32 Å². The van der Waals surface area contributed by atoms with E-state index in [-0.39, 0.29) is 24.2 Å². The van der Waals surface area contributed by atoms with Crippen molar-refractivity contribution in [1.29, 1.82) is 0 Å². The van der Waals surface area contributed by atoms with Crippen molar-refractivity contribution in [3.05, 3.63) is 65.5 Å². The Morgan fingerprint density at radius 2 is 2.00 bits per heavy atom. The molecule has 0 aliphatic carbocycles. The normalized spacial score (nSPS) is 16.4. The fourth-order valence-electron chi connectivity index (χ4n) is 2.66. The van der Waals surface area contributed by atoms with Gasteiger partial charge < -0.3 is 15.4 Å². The molecule has 1 heterocycles. The molecule has 1 aliphatic heterocycles. The minimum atomic E-state index is -0.432. The Kier molecular flexibility index (Phi) is 5.40. The predicted molar refractivity (Wildman–Crippen MR) is 91.6 cm³/mol. The molecule has 0 saturated carbocycles. The highest BCUT2D eigenvalue weighted by Gasteiger charge is 2.23. The molecule has 2 aromatic rings. The van der Waals surface area contributed by atoms with E-state index in [1.807, 2.05) is 0 Å². The third-order valence-corrected chi connectivity index (χ3v) is 4.01. The Morgan fingerprint density at radius 3 is 2.76 bits per heavy atom. The molecule has 5 nitrogen and oxygen atoms in total. The van der Waals surface area contributed by atoms with Gasteiger partial charge in [0, 0.05) is 30.0 Å². The monoisotopic (exact) mass is 342 g/mol. The predicted octanol–water partition coefficient (Wildman–Crippen LogP) is 2.87. The summed E-state index contributed by atoms with van der Waals surface area (Å²) in [6.07, 6.45) is 1.14. The molecule has 1 saturated heterocycles. The zero-order valence-electron chi connectivity index (χ0n) is 13.6. The maximum Gasteiger partial charge on any atom is 0.253 e. The fraction of sp³-hybridized carbons (Fsp3) is 0.263. The molecule has 3 rings (SSSR count). The molecule has 0 bridgehead atoms. The van der Waals surface area contributed by atoms with Gasteiger partial charge in [0.1, 0.15) is 11.9 Å². The maximum absolute atomic E-state index is 13.6. The van der Waals surface area contributed by atoms with Gasteiger partial charge >= 0.3 is 0 Å². The third-order valence-electron chi connectivity index (χ3n) is 4.01. The van der Waals surface area contributed by atoms with Gasteiger partial charge in [0.15, 0.2) is 0 Å². The highest BCUT2D eigenvalue weighted by atomic mass is 19.1. The molecule has 1 atom stereocenters. The lowest BCUT2D eigenvalue weighted by molar-refractivity contribution is -0.124. The summed E-state index contributed by atoms with van der Waals surface area (Å²) in [5.74, 6) is -0.904. The largest absolute Gasteiger partial charge is 0.368 e. The van der Waals surface area contributed by atoms with E-state index < -0.39 is 6.10 Å². The average molecular weight is 342 g/mol. The number of benzene rings is 2. The molecule has 0 aromatic heterocycles. The Morgan fingerprint density at radius 1 is 1.16 bits per heavy atom. The van der Waals surface area contributed by atoms with Gasteiger partial charge in [0.2, 0.25) is 0 Å². The van der Waals surface area contributed by atoms with Crippen LogP contribution in [0.1, 0.15) is 28.8 Å². The number of nitrogens with one attached hydrogen (secondary N) is 2. The Labute approximate surface area is 145 Å². The highest BCUT2D eigenvalue weighted by Crippen LogP contribution is 2.16. The smallest absolute Gasteiger partial charge is 0.253 e. The Bertz CT molecular complexity index is 773. The van der Waals surface area contributed by atoms with E-state index in [0.717, 1.165) is 6.42 Å². The summed E-state index contributed by atoms with van der Waals surface area (Å²) in [6.45, 7) is 0.689. The Hall–Kier alpha value is -2.73. The number of amides is 2. The van der Waals surface area contributed by atoms with E-state index in [1.54, 1.807) is 42.5 Å². The number of anilines is 1. The van der Waals surface area contributed by atoms with E-state index in [4.69, 9.17) is 4.74 Å². The zero-order valence-corrected chi connectivity index (χ0v) is 13.6. The quantitative estimate of drug-likeness (QED) is 0.878. The average Bonchev–Trinajstić information content (AvgIpc) is 3.16. The minimum absolute atomic E-state index is 0.0952. The number of carbonyl (C=O) groups excluding carboxylic acids is 2. The molecular formula is C19H19FN2O3. The van der Waals surface area contributed by atoms with E-state index in [2.05, 4.69) is 10.6 Å². The lowest BCUT2D eigenvalue weighted by Crippen LogP contribution is -2.27. The van der Waals surface area contributed by atoms with Gasteiger partial charge in [-0.15, -0.1) is 0 Å². The molecule has 0 radical (unpaired) electrons. The number of ether oxygens (including phenoxy) is 1. The topological polar surface area (TPSA) is 67.4 Å². The summed E-state index contributed by atoms with van der Waals surface area (Å²) in [5, 5.41) is 5.43. The van der Waals surface area contributed by atoms with Crippen LogP contribution in [0.15, 0.2) is 48.5 Å². The van der Waals surface area contributed by atoms with E-state index in [0.29, 0.717) is 29.8 Å². The van der Waals surface area contributed by atoms with Crippen molar-refractivity contribution in [2.75, 3.05) is 11.9 Å². The third kappa shape index (κ3) is 4.42. The van der Waals surface area contributed by atoms with Crippen LogP contribution in [0, 0.1) is 5.82 Å². The molecule has 130 valence electrons. The van der Waals surface area contributed by atoms with E-state index in [9.17, 15) is 14.0 Å². The first-order chi connectivity index (χ1) is 12.1. The van der Waals surface area contributed by atoms with Crippen molar-refractivity contribution in [3.63, 3.8) is 0 Å². The molecule has 6 heteroatoms. The summed E-state index contributed by atoms with van der Waals surface area (Å²) in [6, 6.07) is 12.9. The van der Waals surface area contributed by atoms with Crippen LogP contribution in [-0.4, -0.2) is 24.5 Å². The van der Waals surface area contributed by atoms with Crippen molar-refractivity contribution < 1.29 is 18.7 Å². The van der Waals surface area contributed by atoms with E-state index >= 15 is 0 Å². The molecular weight excluding hydrogens is 323 g/mol. The first-order valence-corrected chi connectivity index (χ1v) is 8.17. The van der Waals surface area contributed by atoms with Gasteiger partial charge in [-0.25, -0.2) is 4.39 Å². The number of halogens is 1. The molecule has 1 aliphatic rings. The summed E-state index contributed by atoms with van der Waals surface area (Å²) in [5.41, 5.74) is 1.33. The second-order valence-corrected chi connectivity index (χ2v) is 5.85. The van der Waals surface area contributed by atoms with Crippen LogP contribution in [0.4, 0.5) is 10.1 Å². The molecule has 25 heavy (non-hydrogen) atoms. The van der Waals surface area contributed by atoms with Gasteiger partial charge in [-0.3, -0.25) is 9.59 Å². The van der Waals surface area contributed by atoms with Crippen LogP contribution in [0.2, 0.25) is 0 Å². The van der Waals surface area contributed by atoms with Crippen LogP contribution < -0.4 is 10.6 Å². The number of carbonyl (C=O) groups is 2. The number of hydrogen-bond donors (Lipinski definition) is 2. The SMILES string of the molecule is O=C(NCc1ccccc1F)c1cccc(NC(=O)C2CCCO2)c1. The van der Waals surface area contributed by atoms with Crippen LogP contribution in [0.25, 0.3) is 0 Å². The second-order valence-electron chi connectivity index (χ2n) is 5.85. The summed E-state index contributed by atoms with van der Waals surface area (Å²) in [7, 11) is 0. The van der Waals surface area contributed by atoms with Crippen molar-refractivity contribution >= 4 is 17.5 Å². The van der Waals surface area contributed by atoms with Crippen molar-refractivity contribution in [2.24, 2.45) is 0 Å². The van der Waals surface area contributed by atoms with Crippen LogP contribution in [0.5, 0.6) is 0 Å². The Balaban J connectivity index is 1.61. The fourth-order valence-corrected chi connectivity index (χ4v) is 2.66. The summed E-state index contributed by atoms with van der Waals surface area (Å²) >= 11 is 0. The van der Waals surface area contributed by atoms with Crippen LogP contribution >= 0.6 is 0 Å². The molecule has 2 aromatic carbocycles. The highest BCUT2D eigenvalue weighted by molar-refractivity contribution is 5.98. The van der Waals surface area contributed by atoms with Crippen LogP contribution in [0.3, 0.4) is 0 Å². The first kappa shape index (κ1) is 17.1. The maximum atomic E-state index is 13.6. The second kappa shape index (κ2) is 7.90. The van der Waals surface area contributed by atoms with Crippen molar-refractivity contribution in [3.8, 4) is 0 Å². The van der Waals surface area contributed by atoms with Gasteiger partial charge in [0.25, 0.3) is 11.8 Å². The van der Waals surface area contributed by atoms with Crippen LogP contribution in [-0.2, 0) is 16.1 Å². The number of rotatable bonds is 5. The number of hydrogen-bond acceptors (Lipinski definition) is 3. The zero-order chi connectivity index (χ0) is 17.6. The molecule has 2 N–H and O–H groups in total. The minimum Gasteiger partial charge on any atom is -0.368 e. The molecule has 2 amide bonds. The lowest BCUT2D eigenvalue weighted by Gasteiger charge is -2.11. The molecule has 1 unspecified atom stereocenters. The lowest BCUT2D eigenvalue weighted by atomic mass is 10.1. The van der Waals surface area contributed by atoms with Gasteiger partial charge in [-0.1, -0.05) is 24.3 Å². The van der Waals surface area contributed by atoms with Gasteiger partial charge in [-0.2, -0.15) is 0 Å². The summed E-state index contributed by atoms with van der Waals surface area (Å²) in [4.78, 5) is 24.3. The standard InChI is InChI=1S/C19H19FN2O3/c20-16-8-2-1-5-14(16)12-21-18(23)13-6-3-7-15(11-13)22-19(24)17-9-4-10-25-17/h1-3,5-8,11,17H,4,9-10,12H2,(H,21,23)(H,22,24). The van der Waals surface area contributed by atoms with E-state index in [1.165, 1.54) is 6.07 Å².